The molecule has 0 radical (unpaired) electrons. The summed E-state index contributed by atoms with van der Waals surface area (Å²) in [6.45, 7) is 6.66. The fraction of sp³-hybridized carbons (Fsp3) is 0.500. The van der Waals surface area contributed by atoms with Crippen molar-refractivity contribution < 1.29 is 9.90 Å². The summed E-state index contributed by atoms with van der Waals surface area (Å²) in [7, 11) is 2.06. The van der Waals surface area contributed by atoms with E-state index in [1.807, 2.05) is 12.1 Å². The van der Waals surface area contributed by atoms with Crippen LogP contribution < -0.4 is 4.90 Å². The van der Waals surface area contributed by atoms with E-state index < -0.39 is 11.4 Å². The van der Waals surface area contributed by atoms with Crippen LogP contribution in [0.15, 0.2) is 18.2 Å². The van der Waals surface area contributed by atoms with Crippen LogP contribution in [-0.2, 0) is 10.2 Å². The number of benzene rings is 1. The Balaban J connectivity index is 2.62. The molecule has 1 heterocycles. The Morgan fingerprint density at radius 2 is 2.12 bits per heavy atom. The average Bonchev–Trinajstić information content (AvgIpc) is 2.54. The van der Waals surface area contributed by atoms with Gasteiger partial charge in [-0.25, -0.2) is 0 Å². The first-order valence-corrected chi connectivity index (χ1v) is 5.93. The SMILES string of the molecule is CC1CN(C)c2cccc(C(C)(C)C(=O)O)c21. The second-order valence-corrected chi connectivity index (χ2v) is 5.45. The van der Waals surface area contributed by atoms with E-state index in [0.717, 1.165) is 12.1 Å². The summed E-state index contributed by atoms with van der Waals surface area (Å²) in [4.78, 5) is 13.6. The summed E-state index contributed by atoms with van der Waals surface area (Å²) in [6, 6.07) is 5.97. The minimum absolute atomic E-state index is 0.393. The van der Waals surface area contributed by atoms with E-state index >= 15 is 0 Å². The number of hydrogen-bond acceptors (Lipinski definition) is 2. The number of likely N-dealkylation sites (N-methyl/N-ethyl adjacent to an activating group) is 1. The molecule has 3 nitrogen and oxygen atoms in total. The summed E-state index contributed by atoms with van der Waals surface area (Å²) in [5.74, 6) is -0.377. The van der Waals surface area contributed by atoms with Gasteiger partial charge in [0.05, 0.1) is 5.41 Å². The molecule has 0 saturated heterocycles. The first kappa shape index (κ1) is 12.0. The van der Waals surface area contributed by atoms with E-state index in [9.17, 15) is 9.90 Å². The maximum atomic E-state index is 11.4. The first-order chi connectivity index (χ1) is 7.85. The summed E-state index contributed by atoms with van der Waals surface area (Å²) < 4.78 is 0. The third kappa shape index (κ3) is 1.70. The molecular weight excluding hydrogens is 214 g/mol. The Labute approximate surface area is 102 Å². The van der Waals surface area contributed by atoms with Crippen LogP contribution in [0.4, 0.5) is 5.69 Å². The fourth-order valence-electron chi connectivity index (χ4n) is 2.66. The molecule has 1 N–H and O–H groups in total. The molecule has 0 aromatic heterocycles. The van der Waals surface area contributed by atoms with E-state index in [1.54, 1.807) is 13.8 Å². The van der Waals surface area contributed by atoms with Gasteiger partial charge in [-0.05, 0) is 31.0 Å². The molecule has 0 aliphatic carbocycles. The van der Waals surface area contributed by atoms with Crippen molar-refractivity contribution in [2.75, 3.05) is 18.5 Å². The third-order valence-electron chi connectivity index (χ3n) is 3.74. The van der Waals surface area contributed by atoms with Crippen LogP contribution >= 0.6 is 0 Å². The van der Waals surface area contributed by atoms with Crippen molar-refractivity contribution in [2.24, 2.45) is 0 Å². The Bertz CT molecular complexity index is 465. The van der Waals surface area contributed by atoms with Crippen LogP contribution in [0.3, 0.4) is 0 Å². The van der Waals surface area contributed by atoms with Crippen molar-refractivity contribution in [3.8, 4) is 0 Å². The molecule has 1 aliphatic heterocycles. The molecule has 0 fully saturated rings. The van der Waals surface area contributed by atoms with Gasteiger partial charge in [-0.3, -0.25) is 4.79 Å². The highest BCUT2D eigenvalue weighted by Crippen LogP contribution is 2.41. The maximum absolute atomic E-state index is 11.4. The molecular formula is C14H19NO2. The number of hydrogen-bond donors (Lipinski definition) is 1. The molecule has 1 unspecified atom stereocenters. The predicted octanol–water partition coefficient (Wildman–Crippen LogP) is 2.60. The molecule has 1 aliphatic rings. The van der Waals surface area contributed by atoms with Crippen LogP contribution in [0.25, 0.3) is 0 Å². The van der Waals surface area contributed by atoms with Crippen molar-refractivity contribution in [3.05, 3.63) is 29.3 Å². The Morgan fingerprint density at radius 1 is 1.47 bits per heavy atom. The molecule has 0 spiro atoms. The fourth-order valence-corrected chi connectivity index (χ4v) is 2.66. The lowest BCUT2D eigenvalue weighted by Gasteiger charge is -2.24. The summed E-state index contributed by atoms with van der Waals surface area (Å²) in [6.07, 6.45) is 0. The smallest absolute Gasteiger partial charge is 0.313 e. The highest BCUT2D eigenvalue weighted by molar-refractivity contribution is 5.82. The van der Waals surface area contributed by atoms with Crippen molar-refractivity contribution >= 4 is 11.7 Å². The number of nitrogens with zero attached hydrogens (tertiary/aromatic N) is 1. The minimum Gasteiger partial charge on any atom is -0.481 e. The highest BCUT2D eigenvalue weighted by atomic mass is 16.4. The quantitative estimate of drug-likeness (QED) is 0.853. The van der Waals surface area contributed by atoms with Crippen LogP contribution in [-0.4, -0.2) is 24.7 Å². The zero-order chi connectivity index (χ0) is 12.8. The molecule has 1 aromatic carbocycles. The van der Waals surface area contributed by atoms with Gasteiger partial charge >= 0.3 is 5.97 Å². The lowest BCUT2D eigenvalue weighted by Crippen LogP contribution is -2.29. The van der Waals surface area contributed by atoms with Crippen LogP contribution in [0.1, 0.15) is 37.8 Å². The van der Waals surface area contributed by atoms with Gasteiger partial charge in [0.1, 0.15) is 0 Å². The lowest BCUT2D eigenvalue weighted by atomic mass is 9.79. The molecule has 0 amide bonds. The van der Waals surface area contributed by atoms with E-state index in [4.69, 9.17) is 0 Å². The van der Waals surface area contributed by atoms with E-state index in [2.05, 4.69) is 24.9 Å². The second kappa shape index (κ2) is 3.76. The monoisotopic (exact) mass is 233 g/mol. The second-order valence-electron chi connectivity index (χ2n) is 5.45. The van der Waals surface area contributed by atoms with Crippen molar-refractivity contribution in [3.63, 3.8) is 0 Å². The van der Waals surface area contributed by atoms with Gasteiger partial charge in [-0.1, -0.05) is 19.1 Å². The molecule has 3 heteroatoms. The zero-order valence-corrected chi connectivity index (χ0v) is 10.8. The summed E-state index contributed by atoms with van der Waals surface area (Å²) in [5.41, 5.74) is 2.48. The number of anilines is 1. The van der Waals surface area contributed by atoms with Gasteiger partial charge in [-0.15, -0.1) is 0 Å². The molecule has 92 valence electrons. The Kier molecular flexibility index (Phi) is 2.64. The van der Waals surface area contributed by atoms with E-state index in [-0.39, 0.29) is 0 Å². The molecule has 1 atom stereocenters. The van der Waals surface area contributed by atoms with Gasteiger partial charge < -0.3 is 10.0 Å². The molecule has 0 bridgehead atoms. The average molecular weight is 233 g/mol. The molecule has 0 saturated carbocycles. The van der Waals surface area contributed by atoms with Crippen molar-refractivity contribution in [1.82, 2.24) is 0 Å². The molecule has 17 heavy (non-hydrogen) atoms. The van der Waals surface area contributed by atoms with Gasteiger partial charge in [-0.2, -0.15) is 0 Å². The number of rotatable bonds is 2. The standard InChI is InChI=1S/C14H19NO2/c1-9-8-15(4)11-7-5-6-10(12(9)11)14(2,3)13(16)17/h5-7,9H,8H2,1-4H3,(H,16,17). The van der Waals surface area contributed by atoms with Gasteiger partial charge in [0.15, 0.2) is 0 Å². The third-order valence-corrected chi connectivity index (χ3v) is 3.74. The summed E-state index contributed by atoms with van der Waals surface area (Å²) >= 11 is 0. The van der Waals surface area contributed by atoms with Crippen molar-refractivity contribution in [2.45, 2.75) is 32.1 Å². The molecule has 1 aromatic rings. The summed E-state index contributed by atoms with van der Waals surface area (Å²) in [5, 5.41) is 9.36. The minimum atomic E-state index is -0.829. The number of fused-ring (bicyclic) bond motifs is 1. The van der Waals surface area contributed by atoms with Crippen LogP contribution in [0.2, 0.25) is 0 Å². The Hall–Kier alpha value is -1.51. The largest absolute Gasteiger partial charge is 0.481 e. The van der Waals surface area contributed by atoms with E-state index in [1.165, 1.54) is 11.3 Å². The predicted molar refractivity (Wildman–Crippen MR) is 68.8 cm³/mol. The van der Waals surface area contributed by atoms with Crippen LogP contribution in [0.5, 0.6) is 0 Å². The molecule has 2 rings (SSSR count). The van der Waals surface area contributed by atoms with Gasteiger partial charge in [0.25, 0.3) is 0 Å². The number of carbonyl (C=O) groups is 1. The maximum Gasteiger partial charge on any atom is 0.313 e. The van der Waals surface area contributed by atoms with Gasteiger partial charge in [0.2, 0.25) is 0 Å². The topological polar surface area (TPSA) is 40.5 Å². The lowest BCUT2D eigenvalue weighted by molar-refractivity contribution is -0.142. The van der Waals surface area contributed by atoms with Gasteiger partial charge in [0, 0.05) is 25.2 Å². The normalized spacial score (nSPS) is 19.3. The Morgan fingerprint density at radius 3 is 2.71 bits per heavy atom. The number of carboxylic acids is 1. The zero-order valence-electron chi connectivity index (χ0n) is 10.8. The van der Waals surface area contributed by atoms with E-state index in [0.29, 0.717) is 5.92 Å². The highest BCUT2D eigenvalue weighted by Gasteiger charge is 2.36. The van der Waals surface area contributed by atoms with Crippen molar-refractivity contribution in [1.29, 1.82) is 0 Å². The van der Waals surface area contributed by atoms with Crippen LogP contribution in [0, 0.1) is 0 Å². The number of aliphatic carboxylic acids is 1. The number of carboxylic acid groups (broad SMARTS) is 1. The first-order valence-electron chi connectivity index (χ1n) is 5.93.